The lowest BCUT2D eigenvalue weighted by Crippen LogP contribution is -2.11. The highest BCUT2D eigenvalue weighted by Crippen LogP contribution is 2.34. The lowest BCUT2D eigenvalue weighted by atomic mass is 10.4. The van der Waals surface area contributed by atoms with Crippen molar-refractivity contribution in [2.45, 2.75) is 16.0 Å². The predicted octanol–water partition coefficient (Wildman–Crippen LogP) is 3.92. The van der Waals surface area contributed by atoms with Crippen molar-refractivity contribution >= 4 is 43.1 Å². The summed E-state index contributed by atoms with van der Waals surface area (Å²) < 4.78 is 58.3. The lowest BCUT2D eigenvalue weighted by Gasteiger charge is -2.09. The first-order valence-corrected chi connectivity index (χ1v) is 7.70. The van der Waals surface area contributed by atoms with Crippen LogP contribution in [0.4, 0.5) is 13.2 Å². The van der Waals surface area contributed by atoms with E-state index in [-0.39, 0.29) is 9.92 Å². The highest BCUT2D eigenvalue weighted by atomic mass is 35.7. The molecule has 1 aromatic rings. The molecule has 0 aliphatic heterocycles. The molecule has 2 nitrogen and oxygen atoms in total. The molecule has 0 bridgehead atoms. The van der Waals surface area contributed by atoms with Gasteiger partial charge < -0.3 is 0 Å². The molecule has 17 heavy (non-hydrogen) atoms. The molecule has 0 unspecified atom stereocenters. The van der Waals surface area contributed by atoms with Gasteiger partial charge in [0.15, 0.2) is 0 Å². The van der Waals surface area contributed by atoms with Crippen LogP contribution in [0.15, 0.2) is 28.0 Å². The van der Waals surface area contributed by atoms with Crippen LogP contribution in [0.1, 0.15) is 0 Å². The van der Waals surface area contributed by atoms with Crippen LogP contribution in [0.25, 0.3) is 0 Å². The molecule has 0 saturated carbocycles. The first kappa shape index (κ1) is 14.9. The van der Waals surface area contributed by atoms with E-state index in [0.717, 1.165) is 6.07 Å². The SMILES string of the molecule is O=S(=O)(Cl)c1cc(Cl)ccc1SCC(F)(F)F. The first-order chi connectivity index (χ1) is 7.59. The van der Waals surface area contributed by atoms with Gasteiger partial charge in [-0.15, -0.1) is 11.8 Å². The van der Waals surface area contributed by atoms with Gasteiger partial charge in [-0.1, -0.05) is 11.6 Å². The summed E-state index contributed by atoms with van der Waals surface area (Å²) >= 11 is 5.90. The van der Waals surface area contributed by atoms with Crippen molar-refractivity contribution in [2.24, 2.45) is 0 Å². The van der Waals surface area contributed by atoms with Crippen LogP contribution in [-0.2, 0) is 9.05 Å². The molecule has 0 heterocycles. The smallest absolute Gasteiger partial charge is 0.207 e. The van der Waals surface area contributed by atoms with Crippen molar-refractivity contribution in [2.75, 3.05) is 5.75 Å². The van der Waals surface area contributed by atoms with Gasteiger partial charge in [-0.25, -0.2) is 8.42 Å². The molecular weight excluding hydrogens is 320 g/mol. The summed E-state index contributed by atoms with van der Waals surface area (Å²) in [6.07, 6.45) is -4.39. The fraction of sp³-hybridized carbons (Fsp3) is 0.250. The predicted molar refractivity (Wildman–Crippen MR) is 61.3 cm³/mol. The van der Waals surface area contributed by atoms with Crippen LogP contribution in [0.5, 0.6) is 0 Å². The fourth-order valence-corrected chi connectivity index (χ4v) is 3.47. The second-order valence-corrected chi connectivity index (χ2v) is 6.92. The third kappa shape index (κ3) is 4.95. The van der Waals surface area contributed by atoms with E-state index in [1.54, 1.807) is 0 Å². The van der Waals surface area contributed by atoms with E-state index < -0.39 is 25.9 Å². The molecule has 9 heteroatoms. The molecule has 0 atom stereocenters. The maximum absolute atomic E-state index is 12.0. The molecule has 0 N–H and O–H groups in total. The molecule has 0 amide bonds. The van der Waals surface area contributed by atoms with Crippen LogP contribution < -0.4 is 0 Å². The monoisotopic (exact) mass is 324 g/mol. The second kappa shape index (κ2) is 5.26. The normalized spacial score (nSPS) is 12.8. The molecule has 0 aromatic heterocycles. The summed E-state index contributed by atoms with van der Waals surface area (Å²) in [7, 11) is 0.981. The van der Waals surface area contributed by atoms with Gasteiger partial charge in [-0.2, -0.15) is 13.2 Å². The van der Waals surface area contributed by atoms with E-state index in [0.29, 0.717) is 11.8 Å². The highest BCUT2D eigenvalue weighted by molar-refractivity contribution is 8.14. The Balaban J connectivity index is 3.08. The molecule has 1 aromatic carbocycles. The topological polar surface area (TPSA) is 34.1 Å². The van der Waals surface area contributed by atoms with Crippen molar-refractivity contribution in [1.29, 1.82) is 0 Å². The van der Waals surface area contributed by atoms with Crippen LogP contribution in [0.2, 0.25) is 5.02 Å². The summed E-state index contributed by atoms with van der Waals surface area (Å²) in [6, 6.07) is 3.50. The zero-order valence-electron chi connectivity index (χ0n) is 7.96. The summed E-state index contributed by atoms with van der Waals surface area (Å²) in [4.78, 5) is -0.498. The molecule has 1 rings (SSSR count). The fourth-order valence-electron chi connectivity index (χ4n) is 0.951. The zero-order chi connectivity index (χ0) is 13.3. The first-order valence-electron chi connectivity index (χ1n) is 4.03. The van der Waals surface area contributed by atoms with Crippen molar-refractivity contribution < 1.29 is 21.6 Å². The Hall–Kier alpha value is -0.110. The quantitative estimate of drug-likeness (QED) is 0.624. The standard InChI is InChI=1S/C8H5Cl2F3O2S2/c9-5-1-2-6(16-4-8(11,12)13)7(3-5)17(10,14)15/h1-3H,4H2. The van der Waals surface area contributed by atoms with Crippen LogP contribution in [0.3, 0.4) is 0 Å². The van der Waals surface area contributed by atoms with Crippen molar-refractivity contribution in [1.82, 2.24) is 0 Å². The summed E-state index contributed by atoms with van der Waals surface area (Å²) in [5, 5.41) is 0.0839. The number of rotatable bonds is 3. The Morgan fingerprint density at radius 3 is 2.35 bits per heavy atom. The average molecular weight is 325 g/mol. The van der Waals surface area contributed by atoms with Crippen LogP contribution >= 0.6 is 34.0 Å². The van der Waals surface area contributed by atoms with Crippen molar-refractivity contribution in [3.63, 3.8) is 0 Å². The molecule has 0 aliphatic rings. The largest absolute Gasteiger partial charge is 0.398 e. The lowest BCUT2D eigenvalue weighted by molar-refractivity contribution is -0.105. The number of hydrogen-bond acceptors (Lipinski definition) is 3. The Labute approximate surface area is 110 Å². The van der Waals surface area contributed by atoms with Gasteiger partial charge in [0, 0.05) is 20.6 Å². The van der Waals surface area contributed by atoms with Gasteiger partial charge >= 0.3 is 6.18 Å². The second-order valence-electron chi connectivity index (χ2n) is 2.93. The minimum Gasteiger partial charge on any atom is -0.207 e. The average Bonchev–Trinajstić information content (AvgIpc) is 2.13. The van der Waals surface area contributed by atoms with Gasteiger partial charge in [0.25, 0.3) is 9.05 Å². The maximum atomic E-state index is 12.0. The van der Waals surface area contributed by atoms with E-state index in [4.69, 9.17) is 22.3 Å². The van der Waals surface area contributed by atoms with Crippen LogP contribution in [-0.4, -0.2) is 20.3 Å². The Bertz CT molecular complexity index is 514. The number of thioether (sulfide) groups is 1. The molecular formula is C8H5Cl2F3O2S2. The van der Waals surface area contributed by atoms with E-state index in [1.807, 2.05) is 0 Å². The minimum absolute atomic E-state index is 0.0817. The third-order valence-electron chi connectivity index (χ3n) is 1.56. The number of benzene rings is 1. The van der Waals surface area contributed by atoms with E-state index in [9.17, 15) is 21.6 Å². The van der Waals surface area contributed by atoms with Gasteiger partial charge in [-0.3, -0.25) is 0 Å². The van der Waals surface area contributed by atoms with Gasteiger partial charge in [0.2, 0.25) is 0 Å². The highest BCUT2D eigenvalue weighted by Gasteiger charge is 2.28. The molecule has 0 aliphatic carbocycles. The van der Waals surface area contributed by atoms with E-state index in [2.05, 4.69) is 0 Å². The molecule has 0 radical (unpaired) electrons. The number of halogens is 5. The molecule has 0 saturated heterocycles. The molecule has 0 fully saturated rings. The van der Waals surface area contributed by atoms with Gasteiger partial charge in [0.1, 0.15) is 0 Å². The summed E-state index contributed by atoms with van der Waals surface area (Å²) in [6.45, 7) is 0. The number of hydrogen-bond donors (Lipinski definition) is 0. The van der Waals surface area contributed by atoms with Crippen molar-refractivity contribution in [3.8, 4) is 0 Å². The Morgan fingerprint density at radius 1 is 1.29 bits per heavy atom. The summed E-state index contributed by atoms with van der Waals surface area (Å²) in [5.74, 6) is -1.20. The summed E-state index contributed by atoms with van der Waals surface area (Å²) in [5.41, 5.74) is 0. The van der Waals surface area contributed by atoms with E-state index >= 15 is 0 Å². The minimum atomic E-state index is -4.39. The van der Waals surface area contributed by atoms with Gasteiger partial charge in [0.05, 0.1) is 10.6 Å². The Morgan fingerprint density at radius 2 is 1.88 bits per heavy atom. The van der Waals surface area contributed by atoms with E-state index in [1.165, 1.54) is 12.1 Å². The Kier molecular flexibility index (Phi) is 4.62. The third-order valence-corrected chi connectivity index (χ3v) is 4.42. The zero-order valence-corrected chi connectivity index (χ0v) is 11.1. The maximum Gasteiger partial charge on any atom is 0.398 e. The van der Waals surface area contributed by atoms with Crippen LogP contribution in [0, 0.1) is 0 Å². The van der Waals surface area contributed by atoms with Gasteiger partial charge in [-0.05, 0) is 18.2 Å². The number of alkyl halides is 3. The van der Waals surface area contributed by atoms with Crippen molar-refractivity contribution in [3.05, 3.63) is 23.2 Å². The molecule has 96 valence electrons. The molecule has 0 spiro atoms.